The van der Waals surface area contributed by atoms with Gasteiger partial charge in [-0.25, -0.2) is 0 Å². The first-order valence-corrected chi connectivity index (χ1v) is 4.31. The molecule has 0 aliphatic heterocycles. The fourth-order valence-electron chi connectivity index (χ4n) is 1.22. The van der Waals surface area contributed by atoms with Crippen LogP contribution in [-0.4, -0.2) is 25.9 Å². The highest BCUT2D eigenvalue weighted by Crippen LogP contribution is 2.27. The maximum Gasteiger partial charge on any atom is 0.127 e. The molecule has 1 aromatic rings. The first-order chi connectivity index (χ1) is 6.72. The summed E-state index contributed by atoms with van der Waals surface area (Å²) in [5.74, 6) is 1.33. The lowest BCUT2D eigenvalue weighted by atomic mass is 10.1. The number of nitrogens with two attached hydrogens (primary N) is 1. The number of aliphatic hydroxyl groups excluding tert-OH is 1. The summed E-state index contributed by atoms with van der Waals surface area (Å²) in [7, 11) is 3.14. The van der Waals surface area contributed by atoms with Crippen molar-refractivity contribution in [2.45, 2.75) is 6.04 Å². The molecule has 0 spiro atoms. The van der Waals surface area contributed by atoms with Gasteiger partial charge in [-0.1, -0.05) is 0 Å². The van der Waals surface area contributed by atoms with Crippen molar-refractivity contribution in [3.63, 3.8) is 0 Å². The minimum absolute atomic E-state index is 0.108. The molecule has 0 aliphatic rings. The SMILES string of the molecule is COc1ccc([C@@H](N)CO)c(OC)c1. The summed E-state index contributed by atoms with van der Waals surface area (Å²) < 4.78 is 10.2. The summed E-state index contributed by atoms with van der Waals surface area (Å²) in [4.78, 5) is 0. The van der Waals surface area contributed by atoms with E-state index in [0.29, 0.717) is 11.5 Å². The van der Waals surface area contributed by atoms with Crippen LogP contribution >= 0.6 is 0 Å². The molecule has 0 unspecified atom stereocenters. The predicted octanol–water partition coefficient (Wildman–Crippen LogP) is 0.696. The molecule has 0 amide bonds. The third-order valence-electron chi connectivity index (χ3n) is 2.04. The number of ether oxygens (including phenoxy) is 2. The molecule has 1 atom stereocenters. The summed E-state index contributed by atoms with van der Waals surface area (Å²) in [6.45, 7) is -0.108. The second kappa shape index (κ2) is 4.83. The van der Waals surface area contributed by atoms with E-state index in [1.54, 1.807) is 32.4 Å². The Labute approximate surface area is 83.3 Å². The summed E-state index contributed by atoms with van der Waals surface area (Å²) in [5, 5.41) is 8.92. The smallest absolute Gasteiger partial charge is 0.127 e. The van der Waals surface area contributed by atoms with Gasteiger partial charge in [-0.2, -0.15) is 0 Å². The number of hydrogen-bond donors (Lipinski definition) is 2. The first-order valence-electron chi connectivity index (χ1n) is 4.31. The van der Waals surface area contributed by atoms with E-state index in [9.17, 15) is 0 Å². The second-order valence-corrected chi connectivity index (χ2v) is 2.90. The van der Waals surface area contributed by atoms with Crippen LogP contribution in [0.2, 0.25) is 0 Å². The summed E-state index contributed by atoms with van der Waals surface area (Å²) >= 11 is 0. The normalized spacial score (nSPS) is 12.3. The lowest BCUT2D eigenvalue weighted by Crippen LogP contribution is -2.15. The highest BCUT2D eigenvalue weighted by Gasteiger charge is 2.11. The van der Waals surface area contributed by atoms with Crippen molar-refractivity contribution in [1.82, 2.24) is 0 Å². The van der Waals surface area contributed by atoms with E-state index in [4.69, 9.17) is 20.3 Å². The largest absolute Gasteiger partial charge is 0.497 e. The van der Waals surface area contributed by atoms with Crippen LogP contribution in [0, 0.1) is 0 Å². The van der Waals surface area contributed by atoms with Gasteiger partial charge in [0.05, 0.1) is 26.9 Å². The molecule has 1 rings (SSSR count). The van der Waals surface area contributed by atoms with Gasteiger partial charge in [-0.05, 0) is 12.1 Å². The molecule has 3 N–H and O–H groups in total. The van der Waals surface area contributed by atoms with Crippen LogP contribution in [0.3, 0.4) is 0 Å². The molecule has 14 heavy (non-hydrogen) atoms. The Morgan fingerprint density at radius 1 is 1.36 bits per heavy atom. The fourth-order valence-corrected chi connectivity index (χ4v) is 1.22. The number of methoxy groups -OCH3 is 2. The molecular formula is C10H15NO3. The molecule has 0 saturated heterocycles. The molecule has 0 aromatic heterocycles. The van der Waals surface area contributed by atoms with Crippen molar-refractivity contribution in [3.8, 4) is 11.5 Å². The third-order valence-corrected chi connectivity index (χ3v) is 2.04. The van der Waals surface area contributed by atoms with Crippen LogP contribution in [0.5, 0.6) is 11.5 Å². The van der Waals surface area contributed by atoms with Crippen molar-refractivity contribution in [3.05, 3.63) is 23.8 Å². The standard InChI is InChI=1S/C10H15NO3/c1-13-7-3-4-8(9(11)6-12)10(5-7)14-2/h3-5,9,12H,6,11H2,1-2H3/t9-/m0/s1. The number of rotatable bonds is 4. The lowest BCUT2D eigenvalue weighted by Gasteiger charge is -2.14. The van der Waals surface area contributed by atoms with Gasteiger partial charge in [-0.3, -0.25) is 0 Å². The molecule has 1 aromatic carbocycles. The van der Waals surface area contributed by atoms with Crippen LogP contribution in [0.1, 0.15) is 11.6 Å². The maximum atomic E-state index is 8.92. The predicted molar refractivity (Wildman–Crippen MR) is 53.6 cm³/mol. The highest BCUT2D eigenvalue weighted by atomic mass is 16.5. The van der Waals surface area contributed by atoms with Crippen LogP contribution in [0.4, 0.5) is 0 Å². The van der Waals surface area contributed by atoms with E-state index >= 15 is 0 Å². The summed E-state index contributed by atoms with van der Waals surface area (Å²) in [6.07, 6.45) is 0. The number of benzene rings is 1. The molecule has 4 heteroatoms. The topological polar surface area (TPSA) is 64.7 Å². The van der Waals surface area contributed by atoms with Gasteiger partial charge in [-0.15, -0.1) is 0 Å². The van der Waals surface area contributed by atoms with E-state index in [-0.39, 0.29) is 6.61 Å². The lowest BCUT2D eigenvalue weighted by molar-refractivity contribution is 0.264. The van der Waals surface area contributed by atoms with E-state index in [2.05, 4.69) is 0 Å². The van der Waals surface area contributed by atoms with Crippen LogP contribution in [0.25, 0.3) is 0 Å². The van der Waals surface area contributed by atoms with Gasteiger partial charge in [0.25, 0.3) is 0 Å². The second-order valence-electron chi connectivity index (χ2n) is 2.90. The molecule has 0 fully saturated rings. The Morgan fingerprint density at radius 2 is 2.07 bits per heavy atom. The number of aliphatic hydroxyl groups is 1. The zero-order valence-electron chi connectivity index (χ0n) is 8.36. The number of hydrogen-bond acceptors (Lipinski definition) is 4. The Morgan fingerprint density at radius 3 is 2.57 bits per heavy atom. The minimum atomic E-state index is -0.421. The first kappa shape index (κ1) is 10.8. The summed E-state index contributed by atoms with van der Waals surface area (Å²) in [5.41, 5.74) is 6.47. The third kappa shape index (κ3) is 2.16. The van der Waals surface area contributed by atoms with Gasteiger partial charge in [0.1, 0.15) is 11.5 Å². The van der Waals surface area contributed by atoms with E-state index in [1.165, 1.54) is 0 Å². The average Bonchev–Trinajstić information content (AvgIpc) is 2.27. The van der Waals surface area contributed by atoms with E-state index < -0.39 is 6.04 Å². The van der Waals surface area contributed by atoms with Crippen LogP contribution < -0.4 is 15.2 Å². The van der Waals surface area contributed by atoms with Gasteiger partial charge < -0.3 is 20.3 Å². The van der Waals surface area contributed by atoms with E-state index in [0.717, 1.165) is 5.56 Å². The van der Waals surface area contributed by atoms with Crippen molar-refractivity contribution in [2.75, 3.05) is 20.8 Å². The molecule has 0 bridgehead atoms. The molecule has 4 nitrogen and oxygen atoms in total. The Balaban J connectivity index is 3.04. The zero-order chi connectivity index (χ0) is 10.6. The molecule has 0 aliphatic carbocycles. The Kier molecular flexibility index (Phi) is 3.73. The monoisotopic (exact) mass is 197 g/mol. The van der Waals surface area contributed by atoms with Gasteiger partial charge in [0, 0.05) is 11.6 Å². The highest BCUT2D eigenvalue weighted by molar-refractivity contribution is 5.42. The van der Waals surface area contributed by atoms with Crippen molar-refractivity contribution in [1.29, 1.82) is 0 Å². The van der Waals surface area contributed by atoms with Crippen LogP contribution in [0.15, 0.2) is 18.2 Å². The fraction of sp³-hybridized carbons (Fsp3) is 0.400. The van der Waals surface area contributed by atoms with Crippen molar-refractivity contribution in [2.24, 2.45) is 5.73 Å². The van der Waals surface area contributed by atoms with Gasteiger partial charge in [0.2, 0.25) is 0 Å². The van der Waals surface area contributed by atoms with Gasteiger partial charge >= 0.3 is 0 Å². The van der Waals surface area contributed by atoms with Crippen molar-refractivity contribution < 1.29 is 14.6 Å². The van der Waals surface area contributed by atoms with Crippen LogP contribution in [-0.2, 0) is 0 Å². The molecule has 0 saturated carbocycles. The Hall–Kier alpha value is -1.26. The van der Waals surface area contributed by atoms with Crippen molar-refractivity contribution >= 4 is 0 Å². The molecule has 0 heterocycles. The quantitative estimate of drug-likeness (QED) is 0.745. The zero-order valence-corrected chi connectivity index (χ0v) is 8.36. The maximum absolute atomic E-state index is 8.92. The van der Waals surface area contributed by atoms with E-state index in [1.807, 2.05) is 0 Å². The molecule has 0 radical (unpaired) electrons. The molecule has 78 valence electrons. The van der Waals surface area contributed by atoms with Gasteiger partial charge in [0.15, 0.2) is 0 Å². The average molecular weight is 197 g/mol. The molecular weight excluding hydrogens is 182 g/mol. The minimum Gasteiger partial charge on any atom is -0.497 e. The summed E-state index contributed by atoms with van der Waals surface area (Å²) in [6, 6.07) is 4.90. The Bertz CT molecular complexity index is 301.